The van der Waals surface area contributed by atoms with Crippen LogP contribution >= 0.6 is 11.3 Å². The lowest BCUT2D eigenvalue weighted by atomic mass is 10.4. The molecule has 18 heavy (non-hydrogen) atoms. The summed E-state index contributed by atoms with van der Waals surface area (Å²) in [5, 5.41) is 3.57. The zero-order chi connectivity index (χ0) is 13.0. The Morgan fingerprint density at radius 3 is 2.94 bits per heavy atom. The highest BCUT2D eigenvalue weighted by Crippen LogP contribution is 2.30. The second kappa shape index (κ2) is 5.74. The van der Waals surface area contributed by atoms with Crippen molar-refractivity contribution >= 4 is 28.2 Å². The molecular weight excluding hydrogens is 248 g/mol. The first-order valence-corrected chi connectivity index (χ1v) is 6.77. The van der Waals surface area contributed by atoms with Crippen molar-refractivity contribution in [3.63, 3.8) is 0 Å². The maximum atomic E-state index is 11.9. The van der Waals surface area contributed by atoms with Gasteiger partial charge in [0, 0.05) is 26.1 Å². The molecule has 0 aromatic carbocycles. The lowest BCUT2D eigenvalue weighted by Gasteiger charge is -2.11. The summed E-state index contributed by atoms with van der Waals surface area (Å²) < 4.78 is 0. The smallest absolute Gasteiger partial charge is 0.265 e. The quantitative estimate of drug-likeness (QED) is 0.630. The second-order valence-corrected chi connectivity index (χ2v) is 5.09. The van der Waals surface area contributed by atoms with Crippen LogP contribution in [0.25, 0.3) is 0 Å². The number of carbonyl (C=O) groups is 1. The summed E-state index contributed by atoms with van der Waals surface area (Å²) in [6.45, 7) is 2.45. The summed E-state index contributed by atoms with van der Waals surface area (Å²) in [6, 6.07) is 0. The molecule has 0 unspecified atom stereocenters. The monoisotopic (exact) mass is 264 g/mol. The zero-order valence-corrected chi connectivity index (χ0v) is 10.9. The van der Waals surface area contributed by atoms with Crippen molar-refractivity contribution < 1.29 is 4.79 Å². The van der Waals surface area contributed by atoms with E-state index < -0.39 is 0 Å². The number of rotatable bonds is 4. The molecule has 6 heteroatoms. The van der Waals surface area contributed by atoms with E-state index in [2.05, 4.69) is 21.1 Å². The molecule has 5 nitrogen and oxygen atoms in total. The maximum Gasteiger partial charge on any atom is 0.265 e. The molecule has 96 valence electrons. The van der Waals surface area contributed by atoms with Crippen molar-refractivity contribution in [2.45, 2.75) is 19.3 Å². The van der Waals surface area contributed by atoms with E-state index in [9.17, 15) is 4.79 Å². The molecule has 1 aromatic heterocycles. The minimum Gasteiger partial charge on any atom is -0.382 e. The van der Waals surface area contributed by atoms with Gasteiger partial charge in [0.15, 0.2) is 5.13 Å². The topological polar surface area (TPSA) is 71.2 Å². The zero-order valence-electron chi connectivity index (χ0n) is 10.1. The van der Waals surface area contributed by atoms with Crippen LogP contribution in [0.3, 0.4) is 0 Å². The Morgan fingerprint density at radius 1 is 1.56 bits per heavy atom. The van der Waals surface area contributed by atoms with Crippen LogP contribution in [0.15, 0.2) is 0 Å². The normalized spacial score (nSPS) is 14.5. The second-order valence-electron chi connectivity index (χ2n) is 4.11. The van der Waals surface area contributed by atoms with Crippen molar-refractivity contribution in [3.05, 3.63) is 4.88 Å². The third kappa shape index (κ3) is 2.74. The minimum absolute atomic E-state index is 0.189. The molecule has 0 aliphatic carbocycles. The van der Waals surface area contributed by atoms with Crippen LogP contribution in [0.1, 0.15) is 28.9 Å². The number of hydrogen-bond donors (Lipinski definition) is 2. The predicted octanol–water partition coefficient (Wildman–Crippen LogP) is 1.08. The molecule has 0 atom stereocenters. The van der Waals surface area contributed by atoms with Gasteiger partial charge in [-0.3, -0.25) is 4.79 Å². The van der Waals surface area contributed by atoms with Gasteiger partial charge in [-0.25, -0.2) is 4.98 Å². The van der Waals surface area contributed by atoms with Crippen LogP contribution in [-0.2, 0) is 0 Å². The van der Waals surface area contributed by atoms with E-state index in [1.165, 1.54) is 24.2 Å². The van der Waals surface area contributed by atoms with Gasteiger partial charge in [0.05, 0.1) is 0 Å². The van der Waals surface area contributed by atoms with Crippen molar-refractivity contribution in [1.82, 2.24) is 10.3 Å². The fourth-order valence-electron chi connectivity index (χ4n) is 1.86. The van der Waals surface area contributed by atoms with Crippen LogP contribution in [0, 0.1) is 12.3 Å². The van der Waals surface area contributed by atoms with E-state index in [1.54, 1.807) is 0 Å². The highest BCUT2D eigenvalue weighted by Gasteiger charge is 2.21. The molecule has 1 amide bonds. The number of nitrogens with one attached hydrogen (secondary N) is 1. The standard InChI is InChI=1S/C12H16N4OS/c1-2-3-6-14-11(17)9-10(13)15-12(18-9)16-7-4-5-8-16/h1H,3-8,13H2,(H,14,17). The van der Waals surface area contributed by atoms with Crippen molar-refractivity contribution in [3.8, 4) is 12.3 Å². The van der Waals surface area contributed by atoms with Gasteiger partial charge in [-0.15, -0.1) is 12.3 Å². The van der Waals surface area contributed by atoms with Gasteiger partial charge in [0.1, 0.15) is 10.7 Å². The van der Waals surface area contributed by atoms with Gasteiger partial charge in [0.2, 0.25) is 0 Å². The molecule has 0 saturated carbocycles. The Morgan fingerprint density at radius 2 is 2.28 bits per heavy atom. The Bertz CT molecular complexity index is 471. The van der Waals surface area contributed by atoms with Gasteiger partial charge in [-0.1, -0.05) is 11.3 Å². The Kier molecular flexibility index (Phi) is 4.05. The molecule has 0 bridgehead atoms. The molecule has 0 radical (unpaired) electrons. The first kappa shape index (κ1) is 12.7. The summed E-state index contributed by atoms with van der Waals surface area (Å²) in [5.41, 5.74) is 5.79. The Hall–Kier alpha value is -1.74. The van der Waals surface area contributed by atoms with Crippen LogP contribution in [-0.4, -0.2) is 30.5 Å². The van der Waals surface area contributed by atoms with E-state index >= 15 is 0 Å². The third-order valence-electron chi connectivity index (χ3n) is 2.78. The number of thiazole rings is 1. The van der Waals surface area contributed by atoms with E-state index in [-0.39, 0.29) is 5.91 Å². The van der Waals surface area contributed by atoms with E-state index in [0.717, 1.165) is 18.2 Å². The van der Waals surface area contributed by atoms with Crippen molar-refractivity contribution in [2.75, 3.05) is 30.3 Å². The summed E-state index contributed by atoms with van der Waals surface area (Å²) in [5.74, 6) is 2.59. The van der Waals surface area contributed by atoms with Crippen molar-refractivity contribution in [1.29, 1.82) is 0 Å². The molecule has 1 saturated heterocycles. The molecular formula is C12H16N4OS. The van der Waals surface area contributed by atoms with Crippen LogP contribution < -0.4 is 16.0 Å². The lowest BCUT2D eigenvalue weighted by molar-refractivity contribution is 0.0959. The summed E-state index contributed by atoms with van der Waals surface area (Å²) in [6.07, 6.45) is 7.98. The number of nitrogen functional groups attached to an aromatic ring is 1. The van der Waals surface area contributed by atoms with Crippen LogP contribution in [0.2, 0.25) is 0 Å². The number of terminal acetylenes is 1. The molecule has 2 rings (SSSR count). The number of anilines is 2. The number of aromatic nitrogens is 1. The first-order valence-electron chi connectivity index (χ1n) is 5.95. The average Bonchev–Trinajstić information content (AvgIpc) is 2.97. The number of amides is 1. The first-order chi connectivity index (χ1) is 8.72. The minimum atomic E-state index is -0.189. The van der Waals surface area contributed by atoms with E-state index in [4.69, 9.17) is 12.2 Å². The largest absolute Gasteiger partial charge is 0.382 e. The van der Waals surface area contributed by atoms with Crippen LogP contribution in [0.4, 0.5) is 10.9 Å². The summed E-state index contributed by atoms with van der Waals surface area (Å²) in [7, 11) is 0. The lowest BCUT2D eigenvalue weighted by Crippen LogP contribution is -2.24. The fourth-order valence-corrected chi connectivity index (χ4v) is 2.81. The summed E-state index contributed by atoms with van der Waals surface area (Å²) >= 11 is 1.35. The fraction of sp³-hybridized carbons (Fsp3) is 0.500. The molecule has 2 heterocycles. The van der Waals surface area contributed by atoms with Gasteiger partial charge in [0.25, 0.3) is 5.91 Å². The van der Waals surface area contributed by atoms with Gasteiger partial charge in [-0.2, -0.15) is 0 Å². The van der Waals surface area contributed by atoms with Gasteiger partial charge in [-0.05, 0) is 12.8 Å². The summed E-state index contributed by atoms with van der Waals surface area (Å²) in [4.78, 5) is 18.8. The van der Waals surface area contributed by atoms with E-state index in [1.807, 2.05) is 0 Å². The molecule has 1 aliphatic rings. The highest BCUT2D eigenvalue weighted by atomic mass is 32.1. The molecule has 0 spiro atoms. The maximum absolute atomic E-state index is 11.9. The molecule has 1 aliphatic heterocycles. The number of hydrogen-bond acceptors (Lipinski definition) is 5. The van der Waals surface area contributed by atoms with E-state index in [0.29, 0.717) is 23.7 Å². The van der Waals surface area contributed by atoms with Crippen molar-refractivity contribution in [2.24, 2.45) is 0 Å². The molecule has 1 aromatic rings. The highest BCUT2D eigenvalue weighted by molar-refractivity contribution is 7.18. The average molecular weight is 264 g/mol. The number of nitrogens with zero attached hydrogens (tertiary/aromatic N) is 2. The SMILES string of the molecule is C#CCCNC(=O)c1sc(N2CCCC2)nc1N. The Labute approximate surface area is 110 Å². The number of nitrogens with two attached hydrogens (primary N) is 1. The third-order valence-corrected chi connectivity index (χ3v) is 3.91. The van der Waals surface area contributed by atoms with Gasteiger partial charge >= 0.3 is 0 Å². The molecule has 3 N–H and O–H groups in total. The van der Waals surface area contributed by atoms with Crippen LogP contribution in [0.5, 0.6) is 0 Å². The van der Waals surface area contributed by atoms with Gasteiger partial charge < -0.3 is 16.0 Å². The molecule has 1 fully saturated rings. The Balaban J connectivity index is 2.04. The predicted molar refractivity (Wildman–Crippen MR) is 73.8 cm³/mol. The number of carbonyl (C=O) groups excluding carboxylic acids is 1.